The van der Waals surface area contributed by atoms with Gasteiger partial charge in [0.15, 0.2) is 0 Å². The van der Waals surface area contributed by atoms with E-state index in [-0.39, 0.29) is 11.4 Å². The van der Waals surface area contributed by atoms with Gasteiger partial charge in [-0.15, -0.1) is 11.3 Å². The molecule has 3 nitrogen and oxygen atoms in total. The average Bonchev–Trinajstić information content (AvgIpc) is 2.56. The molecular formula is C12H19BrN2OS. The summed E-state index contributed by atoms with van der Waals surface area (Å²) in [6, 6.07) is 2.09. The average molecular weight is 319 g/mol. The Kier molecular flexibility index (Phi) is 5.62. The summed E-state index contributed by atoms with van der Waals surface area (Å²) in [6.45, 7) is 7.49. The van der Waals surface area contributed by atoms with E-state index in [1.54, 1.807) is 11.3 Å². The maximum atomic E-state index is 11.5. The van der Waals surface area contributed by atoms with Crippen molar-refractivity contribution in [2.45, 2.75) is 39.3 Å². The number of hydrogen-bond donors (Lipinski definition) is 2. The molecule has 0 aliphatic heterocycles. The first-order valence-electron chi connectivity index (χ1n) is 5.61. The van der Waals surface area contributed by atoms with Crippen LogP contribution in [0.25, 0.3) is 0 Å². The van der Waals surface area contributed by atoms with E-state index in [0.717, 1.165) is 11.0 Å². The van der Waals surface area contributed by atoms with Gasteiger partial charge in [-0.05, 0) is 42.8 Å². The van der Waals surface area contributed by atoms with Gasteiger partial charge in [-0.1, -0.05) is 0 Å². The zero-order valence-corrected chi connectivity index (χ0v) is 12.9. The Morgan fingerprint density at radius 1 is 1.47 bits per heavy atom. The molecule has 1 aromatic heterocycles. The van der Waals surface area contributed by atoms with Gasteiger partial charge < -0.3 is 10.6 Å². The number of amides is 1. The van der Waals surface area contributed by atoms with E-state index < -0.39 is 0 Å². The second-order valence-corrected chi connectivity index (χ2v) is 6.87. The Morgan fingerprint density at radius 2 is 2.18 bits per heavy atom. The van der Waals surface area contributed by atoms with Gasteiger partial charge in [0.1, 0.15) is 0 Å². The number of nitrogens with one attached hydrogen (secondary N) is 2. The van der Waals surface area contributed by atoms with E-state index in [0.29, 0.717) is 13.0 Å². The van der Waals surface area contributed by atoms with Crippen molar-refractivity contribution in [3.05, 3.63) is 20.8 Å². The van der Waals surface area contributed by atoms with Crippen LogP contribution in [0, 0.1) is 0 Å². The predicted octanol–water partition coefficient (Wildman–Crippen LogP) is 2.91. The molecule has 0 radical (unpaired) electrons. The molecule has 0 fully saturated rings. The first kappa shape index (κ1) is 14.7. The standard InChI is InChI=1S/C12H19BrN2OS/c1-12(2,3)15-11(16)4-5-14-7-10-6-9(13)8-17-10/h6,8,14H,4-5,7H2,1-3H3,(H,15,16). The molecule has 1 heterocycles. The molecule has 96 valence electrons. The molecule has 5 heteroatoms. The smallest absolute Gasteiger partial charge is 0.221 e. The van der Waals surface area contributed by atoms with Crippen LogP contribution in [0.1, 0.15) is 32.1 Å². The molecule has 0 saturated heterocycles. The van der Waals surface area contributed by atoms with Crippen molar-refractivity contribution in [1.82, 2.24) is 10.6 Å². The second kappa shape index (κ2) is 6.52. The lowest BCUT2D eigenvalue weighted by molar-refractivity contribution is -0.122. The summed E-state index contributed by atoms with van der Waals surface area (Å²) in [4.78, 5) is 12.8. The molecule has 1 aromatic rings. The van der Waals surface area contributed by atoms with Crippen molar-refractivity contribution in [2.24, 2.45) is 0 Å². The number of carbonyl (C=O) groups is 1. The molecule has 0 saturated carbocycles. The molecule has 0 aromatic carbocycles. The first-order valence-corrected chi connectivity index (χ1v) is 7.29. The monoisotopic (exact) mass is 318 g/mol. The van der Waals surface area contributed by atoms with Crippen molar-refractivity contribution >= 4 is 33.2 Å². The maximum absolute atomic E-state index is 11.5. The van der Waals surface area contributed by atoms with Gasteiger partial charge in [0.05, 0.1) is 0 Å². The van der Waals surface area contributed by atoms with E-state index >= 15 is 0 Å². The molecule has 0 bridgehead atoms. The van der Waals surface area contributed by atoms with Gasteiger partial charge in [0.25, 0.3) is 0 Å². The summed E-state index contributed by atoms with van der Waals surface area (Å²) in [6.07, 6.45) is 0.518. The van der Waals surface area contributed by atoms with E-state index in [1.165, 1.54) is 4.88 Å². The van der Waals surface area contributed by atoms with E-state index in [4.69, 9.17) is 0 Å². The maximum Gasteiger partial charge on any atom is 0.221 e. The SMILES string of the molecule is CC(C)(C)NC(=O)CCNCc1cc(Br)cs1. The number of hydrogen-bond acceptors (Lipinski definition) is 3. The summed E-state index contributed by atoms with van der Waals surface area (Å²) in [7, 11) is 0. The van der Waals surface area contributed by atoms with Crippen LogP contribution < -0.4 is 10.6 Å². The Labute approximate surface area is 115 Å². The molecule has 1 amide bonds. The van der Waals surface area contributed by atoms with Gasteiger partial charge >= 0.3 is 0 Å². The summed E-state index contributed by atoms with van der Waals surface area (Å²) in [5.41, 5.74) is -0.143. The Bertz CT molecular complexity index is 371. The van der Waals surface area contributed by atoms with Crippen LogP contribution in [0.4, 0.5) is 0 Å². The van der Waals surface area contributed by atoms with Gasteiger partial charge in [0, 0.05) is 39.8 Å². The number of thiophene rings is 1. The fourth-order valence-corrected chi connectivity index (χ4v) is 2.76. The Morgan fingerprint density at radius 3 is 2.71 bits per heavy atom. The zero-order chi connectivity index (χ0) is 12.9. The first-order chi connectivity index (χ1) is 7.87. The fourth-order valence-electron chi connectivity index (χ4n) is 1.34. The van der Waals surface area contributed by atoms with Crippen LogP contribution in [-0.4, -0.2) is 18.0 Å². The van der Waals surface area contributed by atoms with Crippen molar-refractivity contribution in [3.8, 4) is 0 Å². The fraction of sp³-hybridized carbons (Fsp3) is 0.583. The van der Waals surface area contributed by atoms with Gasteiger partial charge in [-0.2, -0.15) is 0 Å². The zero-order valence-electron chi connectivity index (χ0n) is 10.5. The predicted molar refractivity (Wildman–Crippen MR) is 76.2 cm³/mol. The third kappa shape index (κ3) is 6.81. The molecule has 2 N–H and O–H groups in total. The molecule has 17 heavy (non-hydrogen) atoms. The lowest BCUT2D eigenvalue weighted by atomic mass is 10.1. The van der Waals surface area contributed by atoms with E-state index in [1.807, 2.05) is 20.8 Å². The number of carbonyl (C=O) groups excluding carboxylic acids is 1. The third-order valence-electron chi connectivity index (χ3n) is 1.96. The van der Waals surface area contributed by atoms with Crippen LogP contribution in [-0.2, 0) is 11.3 Å². The highest BCUT2D eigenvalue weighted by Gasteiger charge is 2.12. The van der Waals surface area contributed by atoms with Gasteiger partial charge in [-0.3, -0.25) is 4.79 Å². The van der Waals surface area contributed by atoms with Gasteiger partial charge in [0.2, 0.25) is 5.91 Å². The summed E-state index contributed by atoms with van der Waals surface area (Å²) in [5.74, 6) is 0.0948. The molecule has 0 unspecified atom stereocenters. The molecule has 1 rings (SSSR count). The van der Waals surface area contributed by atoms with Crippen molar-refractivity contribution < 1.29 is 4.79 Å². The molecular weight excluding hydrogens is 300 g/mol. The number of rotatable bonds is 5. The van der Waals surface area contributed by atoms with Crippen molar-refractivity contribution in [3.63, 3.8) is 0 Å². The lowest BCUT2D eigenvalue weighted by Gasteiger charge is -2.20. The highest BCUT2D eigenvalue weighted by atomic mass is 79.9. The molecule has 0 spiro atoms. The topological polar surface area (TPSA) is 41.1 Å². The molecule has 0 atom stereocenters. The summed E-state index contributed by atoms with van der Waals surface area (Å²) in [5, 5.41) is 8.26. The minimum atomic E-state index is -0.143. The normalized spacial score (nSPS) is 11.5. The Balaban J connectivity index is 2.14. The minimum Gasteiger partial charge on any atom is -0.351 e. The van der Waals surface area contributed by atoms with Gasteiger partial charge in [-0.25, -0.2) is 0 Å². The summed E-state index contributed by atoms with van der Waals surface area (Å²) >= 11 is 5.12. The van der Waals surface area contributed by atoms with Crippen molar-refractivity contribution in [1.29, 1.82) is 0 Å². The minimum absolute atomic E-state index is 0.0948. The van der Waals surface area contributed by atoms with Crippen LogP contribution in [0.3, 0.4) is 0 Å². The van der Waals surface area contributed by atoms with E-state index in [2.05, 4.69) is 38.0 Å². The lowest BCUT2D eigenvalue weighted by Crippen LogP contribution is -2.41. The van der Waals surface area contributed by atoms with Crippen LogP contribution in [0.2, 0.25) is 0 Å². The molecule has 0 aliphatic carbocycles. The van der Waals surface area contributed by atoms with Crippen LogP contribution in [0.5, 0.6) is 0 Å². The highest BCUT2D eigenvalue weighted by molar-refractivity contribution is 9.10. The Hall–Kier alpha value is -0.390. The largest absolute Gasteiger partial charge is 0.351 e. The van der Waals surface area contributed by atoms with Crippen molar-refractivity contribution in [2.75, 3.05) is 6.54 Å². The number of halogens is 1. The van der Waals surface area contributed by atoms with Crippen LogP contribution >= 0.6 is 27.3 Å². The quantitative estimate of drug-likeness (QED) is 0.820. The molecule has 0 aliphatic rings. The summed E-state index contributed by atoms with van der Waals surface area (Å²) < 4.78 is 1.12. The van der Waals surface area contributed by atoms with E-state index in [9.17, 15) is 4.79 Å². The highest BCUT2D eigenvalue weighted by Crippen LogP contribution is 2.19. The third-order valence-corrected chi connectivity index (χ3v) is 3.66. The second-order valence-electron chi connectivity index (χ2n) is 4.96. The van der Waals surface area contributed by atoms with Crippen LogP contribution in [0.15, 0.2) is 15.9 Å².